The van der Waals surface area contributed by atoms with Crippen molar-refractivity contribution in [1.82, 2.24) is 19.6 Å². The standard InChI is InChI=1S/C20H22N4OS2/c26-20-24(21-19(25-20)18-9-5-15-27-18)16-23-13-11-22(12-14-23)10-4-8-17-6-2-1-3-7-17/h1-9,15H,10-14,16H2/b8-4+. The van der Waals surface area contributed by atoms with Crippen LogP contribution in [0.4, 0.5) is 0 Å². The van der Waals surface area contributed by atoms with Crippen molar-refractivity contribution in [3.63, 3.8) is 0 Å². The molecular weight excluding hydrogens is 376 g/mol. The Bertz CT molecular complexity index is 923. The Morgan fingerprint density at radius 1 is 1.04 bits per heavy atom. The summed E-state index contributed by atoms with van der Waals surface area (Å²) in [4.78, 5) is 6.28. The maximum absolute atomic E-state index is 5.65. The Labute approximate surface area is 168 Å². The Balaban J connectivity index is 1.27. The van der Waals surface area contributed by atoms with Gasteiger partial charge in [-0.25, -0.2) is 4.68 Å². The van der Waals surface area contributed by atoms with E-state index < -0.39 is 0 Å². The number of benzene rings is 1. The Morgan fingerprint density at radius 3 is 2.56 bits per heavy atom. The molecule has 1 aliphatic heterocycles. The first-order valence-corrected chi connectivity index (χ1v) is 10.3. The molecule has 0 bridgehead atoms. The molecule has 0 unspecified atom stereocenters. The van der Waals surface area contributed by atoms with E-state index in [-0.39, 0.29) is 0 Å². The second-order valence-corrected chi connectivity index (χ2v) is 7.82. The molecule has 1 fully saturated rings. The van der Waals surface area contributed by atoms with Crippen LogP contribution in [-0.4, -0.2) is 52.3 Å². The van der Waals surface area contributed by atoms with Crippen LogP contribution in [0.2, 0.25) is 0 Å². The second kappa shape index (κ2) is 8.75. The first-order valence-electron chi connectivity index (χ1n) is 9.06. The molecule has 7 heteroatoms. The molecule has 27 heavy (non-hydrogen) atoms. The van der Waals surface area contributed by atoms with Gasteiger partial charge in [0.05, 0.1) is 11.5 Å². The minimum Gasteiger partial charge on any atom is -0.408 e. The molecule has 0 aliphatic carbocycles. The van der Waals surface area contributed by atoms with E-state index in [0.717, 1.165) is 37.6 Å². The van der Waals surface area contributed by atoms with E-state index in [9.17, 15) is 0 Å². The van der Waals surface area contributed by atoms with Crippen LogP contribution < -0.4 is 0 Å². The predicted molar refractivity (Wildman–Crippen MR) is 112 cm³/mol. The van der Waals surface area contributed by atoms with Crippen LogP contribution >= 0.6 is 23.6 Å². The number of aromatic nitrogens is 2. The summed E-state index contributed by atoms with van der Waals surface area (Å²) in [6.45, 7) is 5.75. The van der Waals surface area contributed by atoms with Gasteiger partial charge in [-0.2, -0.15) is 0 Å². The molecule has 1 aliphatic rings. The topological polar surface area (TPSA) is 37.4 Å². The normalized spacial score (nSPS) is 16.3. The molecule has 0 amide bonds. The number of hydrogen-bond donors (Lipinski definition) is 0. The zero-order valence-electron chi connectivity index (χ0n) is 15.0. The smallest absolute Gasteiger partial charge is 0.288 e. The monoisotopic (exact) mass is 398 g/mol. The molecule has 2 aromatic heterocycles. The van der Waals surface area contributed by atoms with Crippen LogP contribution in [0.25, 0.3) is 16.8 Å². The number of nitrogens with zero attached hydrogens (tertiary/aromatic N) is 4. The molecule has 5 nitrogen and oxygen atoms in total. The summed E-state index contributed by atoms with van der Waals surface area (Å²) in [7, 11) is 0. The lowest BCUT2D eigenvalue weighted by molar-refractivity contribution is 0.109. The fraction of sp³-hybridized carbons (Fsp3) is 0.300. The third kappa shape index (κ3) is 4.81. The fourth-order valence-corrected chi connectivity index (χ4v) is 3.92. The lowest BCUT2D eigenvalue weighted by Crippen LogP contribution is -2.46. The van der Waals surface area contributed by atoms with Crippen LogP contribution in [0.5, 0.6) is 0 Å². The van der Waals surface area contributed by atoms with Crippen LogP contribution in [0.3, 0.4) is 0 Å². The molecule has 0 N–H and O–H groups in total. The van der Waals surface area contributed by atoms with E-state index in [4.69, 9.17) is 16.6 Å². The Kier molecular flexibility index (Phi) is 5.94. The van der Waals surface area contributed by atoms with Gasteiger partial charge in [-0.3, -0.25) is 9.80 Å². The lowest BCUT2D eigenvalue weighted by Gasteiger charge is -2.33. The third-order valence-corrected chi connectivity index (χ3v) is 5.76. The van der Waals surface area contributed by atoms with Crippen LogP contribution in [0.1, 0.15) is 5.56 Å². The predicted octanol–water partition coefficient (Wildman–Crippen LogP) is 4.22. The van der Waals surface area contributed by atoms with Crippen molar-refractivity contribution < 1.29 is 4.42 Å². The van der Waals surface area contributed by atoms with Crippen molar-refractivity contribution in [2.75, 3.05) is 32.7 Å². The zero-order valence-corrected chi connectivity index (χ0v) is 16.7. The highest BCUT2D eigenvalue weighted by molar-refractivity contribution is 7.71. The molecule has 140 valence electrons. The maximum Gasteiger partial charge on any atom is 0.288 e. The van der Waals surface area contributed by atoms with Crippen LogP contribution in [0.15, 0.2) is 58.3 Å². The van der Waals surface area contributed by atoms with Gasteiger partial charge in [-0.1, -0.05) is 48.6 Å². The molecular formula is C20H22N4OS2. The van der Waals surface area contributed by atoms with Crippen molar-refractivity contribution in [2.24, 2.45) is 0 Å². The number of hydrogen-bond acceptors (Lipinski definition) is 6. The summed E-state index contributed by atoms with van der Waals surface area (Å²) in [5.74, 6) is 0.611. The number of piperazine rings is 1. The summed E-state index contributed by atoms with van der Waals surface area (Å²) in [5.41, 5.74) is 1.25. The first kappa shape index (κ1) is 18.3. The van der Waals surface area contributed by atoms with E-state index in [2.05, 4.69) is 51.3 Å². The van der Waals surface area contributed by atoms with E-state index in [1.807, 2.05) is 23.6 Å². The average Bonchev–Trinajstić information content (AvgIpc) is 3.35. The van der Waals surface area contributed by atoms with E-state index in [1.54, 1.807) is 16.0 Å². The van der Waals surface area contributed by atoms with Gasteiger partial charge in [0.25, 0.3) is 10.7 Å². The number of rotatable bonds is 6. The fourth-order valence-electron chi connectivity index (χ4n) is 3.10. The van der Waals surface area contributed by atoms with Gasteiger partial charge in [0, 0.05) is 32.7 Å². The van der Waals surface area contributed by atoms with Crippen LogP contribution in [-0.2, 0) is 6.67 Å². The summed E-state index contributed by atoms with van der Waals surface area (Å²) in [6.07, 6.45) is 4.43. The van der Waals surface area contributed by atoms with Gasteiger partial charge in [0.1, 0.15) is 0 Å². The van der Waals surface area contributed by atoms with Gasteiger partial charge < -0.3 is 4.42 Å². The maximum atomic E-state index is 5.65. The lowest BCUT2D eigenvalue weighted by atomic mass is 10.2. The first-order chi connectivity index (χ1) is 13.3. The molecule has 3 aromatic rings. The van der Waals surface area contributed by atoms with Gasteiger partial charge in [0.15, 0.2) is 0 Å². The van der Waals surface area contributed by atoms with E-state index in [1.165, 1.54) is 5.56 Å². The summed E-state index contributed by atoms with van der Waals surface area (Å²) in [6, 6.07) is 14.4. The van der Waals surface area contributed by atoms with Gasteiger partial charge in [-0.05, 0) is 29.2 Å². The van der Waals surface area contributed by atoms with Crippen molar-refractivity contribution in [3.8, 4) is 10.8 Å². The Hall–Kier alpha value is -2.06. The van der Waals surface area contributed by atoms with Crippen molar-refractivity contribution in [2.45, 2.75) is 6.67 Å². The highest BCUT2D eigenvalue weighted by Gasteiger charge is 2.18. The molecule has 1 aromatic carbocycles. The summed E-state index contributed by atoms with van der Waals surface area (Å²) >= 11 is 6.94. The summed E-state index contributed by atoms with van der Waals surface area (Å²) in [5, 5.41) is 6.55. The van der Waals surface area contributed by atoms with Crippen LogP contribution in [0, 0.1) is 4.84 Å². The SMILES string of the molecule is S=c1oc(-c2cccs2)nn1CN1CCN(C/C=C/c2ccccc2)CC1. The molecule has 0 atom stereocenters. The van der Waals surface area contributed by atoms with E-state index >= 15 is 0 Å². The molecule has 3 heterocycles. The average molecular weight is 399 g/mol. The van der Waals surface area contributed by atoms with Crippen molar-refractivity contribution in [3.05, 3.63) is 64.3 Å². The second-order valence-electron chi connectivity index (χ2n) is 6.52. The van der Waals surface area contributed by atoms with E-state index in [0.29, 0.717) is 17.4 Å². The quantitative estimate of drug-likeness (QED) is 0.581. The third-order valence-electron chi connectivity index (χ3n) is 4.61. The molecule has 0 saturated carbocycles. The highest BCUT2D eigenvalue weighted by Crippen LogP contribution is 2.23. The minimum atomic E-state index is 0.437. The van der Waals surface area contributed by atoms with Gasteiger partial charge in [-0.15, -0.1) is 16.4 Å². The minimum absolute atomic E-state index is 0.437. The summed E-state index contributed by atoms with van der Waals surface area (Å²) < 4.78 is 7.43. The van der Waals surface area contributed by atoms with Gasteiger partial charge >= 0.3 is 0 Å². The molecule has 0 radical (unpaired) electrons. The number of thiophene rings is 1. The molecule has 1 saturated heterocycles. The zero-order chi connectivity index (χ0) is 18.5. The highest BCUT2D eigenvalue weighted by atomic mass is 32.1. The molecule has 0 spiro atoms. The largest absolute Gasteiger partial charge is 0.408 e. The Morgan fingerprint density at radius 2 is 1.81 bits per heavy atom. The van der Waals surface area contributed by atoms with Gasteiger partial charge in [0.2, 0.25) is 0 Å². The van der Waals surface area contributed by atoms with Crippen molar-refractivity contribution in [1.29, 1.82) is 0 Å². The van der Waals surface area contributed by atoms with Crippen molar-refractivity contribution >= 4 is 29.6 Å². The molecule has 4 rings (SSSR count).